The Balaban J connectivity index is 2.13. The van der Waals surface area contributed by atoms with Crippen molar-refractivity contribution in [1.82, 2.24) is 0 Å². The minimum atomic E-state index is -0.133. The van der Waals surface area contributed by atoms with Crippen LogP contribution in [0.25, 0.3) is 0 Å². The van der Waals surface area contributed by atoms with E-state index in [0.29, 0.717) is 16.2 Å². The molecule has 2 aromatic rings. The van der Waals surface area contributed by atoms with E-state index in [9.17, 15) is 4.79 Å². The first-order valence-electron chi connectivity index (χ1n) is 5.84. The molecule has 0 aromatic heterocycles. The van der Waals surface area contributed by atoms with E-state index in [1.54, 1.807) is 30.3 Å². The van der Waals surface area contributed by atoms with Crippen LogP contribution in [-0.4, -0.2) is 10.9 Å². The third-order valence-electron chi connectivity index (χ3n) is 2.71. The van der Waals surface area contributed by atoms with Crippen molar-refractivity contribution < 1.29 is 4.79 Å². The monoisotopic (exact) mass is 270 g/mol. The van der Waals surface area contributed by atoms with Gasteiger partial charge in [-0.05, 0) is 43.3 Å². The van der Waals surface area contributed by atoms with Gasteiger partial charge in [0.1, 0.15) is 4.99 Å². The summed E-state index contributed by atoms with van der Waals surface area (Å²) in [6.07, 6.45) is 0. The largest absolute Gasteiger partial charge is 0.389 e. The lowest BCUT2D eigenvalue weighted by Crippen LogP contribution is -2.13. The van der Waals surface area contributed by atoms with E-state index < -0.39 is 0 Å². The van der Waals surface area contributed by atoms with Crippen LogP contribution < -0.4 is 11.1 Å². The average molecular weight is 270 g/mol. The number of rotatable bonds is 3. The van der Waals surface area contributed by atoms with Gasteiger partial charge in [-0.15, -0.1) is 0 Å². The van der Waals surface area contributed by atoms with Gasteiger partial charge < -0.3 is 11.1 Å². The van der Waals surface area contributed by atoms with E-state index in [0.717, 1.165) is 11.1 Å². The fourth-order valence-electron chi connectivity index (χ4n) is 1.71. The molecule has 2 rings (SSSR count). The number of thiocarbonyl (C=S) groups is 1. The molecule has 0 spiro atoms. The number of carbonyl (C=O) groups is 1. The van der Waals surface area contributed by atoms with Crippen molar-refractivity contribution in [2.45, 2.75) is 6.92 Å². The molecule has 0 saturated heterocycles. The lowest BCUT2D eigenvalue weighted by atomic mass is 10.1. The molecule has 3 nitrogen and oxygen atoms in total. The molecule has 3 N–H and O–H groups in total. The zero-order valence-corrected chi connectivity index (χ0v) is 11.3. The van der Waals surface area contributed by atoms with Crippen LogP contribution in [0.5, 0.6) is 0 Å². The van der Waals surface area contributed by atoms with Gasteiger partial charge in [0.05, 0.1) is 0 Å². The van der Waals surface area contributed by atoms with Crippen molar-refractivity contribution >= 4 is 28.8 Å². The number of aryl methyl sites for hydroxylation is 1. The number of nitrogens with one attached hydrogen (secondary N) is 1. The van der Waals surface area contributed by atoms with E-state index in [-0.39, 0.29) is 5.91 Å². The summed E-state index contributed by atoms with van der Waals surface area (Å²) in [6, 6.07) is 14.6. The fourth-order valence-corrected chi connectivity index (χ4v) is 1.84. The lowest BCUT2D eigenvalue weighted by Gasteiger charge is -2.06. The van der Waals surface area contributed by atoms with Crippen LogP contribution in [-0.2, 0) is 0 Å². The van der Waals surface area contributed by atoms with E-state index in [1.165, 1.54) is 0 Å². The van der Waals surface area contributed by atoms with Gasteiger partial charge in [0.2, 0.25) is 0 Å². The summed E-state index contributed by atoms with van der Waals surface area (Å²) < 4.78 is 0. The third-order valence-corrected chi connectivity index (χ3v) is 2.94. The van der Waals surface area contributed by atoms with Crippen molar-refractivity contribution in [3.8, 4) is 0 Å². The molecule has 0 heterocycles. The van der Waals surface area contributed by atoms with Crippen molar-refractivity contribution in [1.29, 1.82) is 0 Å². The molecule has 2 aromatic carbocycles. The first-order chi connectivity index (χ1) is 9.06. The Kier molecular flexibility index (Phi) is 3.92. The average Bonchev–Trinajstić information content (AvgIpc) is 2.39. The van der Waals surface area contributed by atoms with Gasteiger partial charge in [-0.3, -0.25) is 4.79 Å². The number of nitrogens with two attached hydrogens (primary N) is 1. The summed E-state index contributed by atoms with van der Waals surface area (Å²) in [5.74, 6) is -0.133. The highest BCUT2D eigenvalue weighted by molar-refractivity contribution is 7.80. The predicted octanol–water partition coefficient (Wildman–Crippen LogP) is 2.88. The standard InChI is InChI=1S/C15H14N2OS/c1-10-3-2-4-12(9-10)15(18)17-13-7-5-11(6-8-13)14(16)19/h2-9H,1H3,(H2,16,19)(H,17,18). The van der Waals surface area contributed by atoms with Gasteiger partial charge >= 0.3 is 0 Å². The molecule has 0 aliphatic rings. The summed E-state index contributed by atoms with van der Waals surface area (Å²) in [7, 11) is 0. The molecule has 0 bridgehead atoms. The lowest BCUT2D eigenvalue weighted by molar-refractivity contribution is 0.102. The van der Waals surface area contributed by atoms with Gasteiger partial charge in [0.25, 0.3) is 5.91 Å². The molecule has 0 saturated carbocycles. The molecule has 0 unspecified atom stereocenters. The summed E-state index contributed by atoms with van der Waals surface area (Å²) in [5, 5.41) is 2.83. The summed E-state index contributed by atoms with van der Waals surface area (Å²) in [4.78, 5) is 12.4. The zero-order chi connectivity index (χ0) is 13.8. The fraction of sp³-hybridized carbons (Fsp3) is 0.0667. The van der Waals surface area contributed by atoms with E-state index >= 15 is 0 Å². The molecule has 0 radical (unpaired) electrons. The summed E-state index contributed by atoms with van der Waals surface area (Å²) in [5.41, 5.74) is 8.70. The maximum atomic E-state index is 12.0. The minimum absolute atomic E-state index is 0.133. The molecule has 0 aliphatic carbocycles. The molecule has 0 atom stereocenters. The Labute approximate surface area is 117 Å². The Morgan fingerprint density at radius 2 is 1.79 bits per heavy atom. The van der Waals surface area contributed by atoms with Crippen molar-refractivity contribution in [3.05, 3.63) is 65.2 Å². The Morgan fingerprint density at radius 1 is 1.11 bits per heavy atom. The third kappa shape index (κ3) is 3.39. The molecule has 4 heteroatoms. The molecule has 0 fully saturated rings. The smallest absolute Gasteiger partial charge is 0.255 e. The minimum Gasteiger partial charge on any atom is -0.389 e. The number of hydrogen-bond donors (Lipinski definition) is 2. The maximum Gasteiger partial charge on any atom is 0.255 e. The van der Waals surface area contributed by atoms with Gasteiger partial charge in [0.15, 0.2) is 0 Å². The van der Waals surface area contributed by atoms with E-state index in [1.807, 2.05) is 25.1 Å². The number of benzene rings is 2. The first-order valence-corrected chi connectivity index (χ1v) is 6.25. The van der Waals surface area contributed by atoms with Crippen LogP contribution in [0.15, 0.2) is 48.5 Å². The molecule has 19 heavy (non-hydrogen) atoms. The van der Waals surface area contributed by atoms with Crippen LogP contribution in [0.4, 0.5) is 5.69 Å². The Hall–Kier alpha value is -2.20. The number of hydrogen-bond acceptors (Lipinski definition) is 2. The van der Waals surface area contributed by atoms with Gasteiger partial charge in [-0.1, -0.05) is 29.9 Å². The quantitative estimate of drug-likeness (QED) is 0.843. The van der Waals surface area contributed by atoms with Crippen LogP contribution >= 0.6 is 12.2 Å². The van der Waals surface area contributed by atoms with Crippen LogP contribution in [0, 0.1) is 6.92 Å². The van der Waals surface area contributed by atoms with Gasteiger partial charge in [0, 0.05) is 16.8 Å². The second-order valence-corrected chi connectivity index (χ2v) is 4.71. The molecular weight excluding hydrogens is 256 g/mol. The van der Waals surface area contributed by atoms with Crippen molar-refractivity contribution in [2.24, 2.45) is 5.73 Å². The van der Waals surface area contributed by atoms with Crippen LogP contribution in [0.3, 0.4) is 0 Å². The summed E-state index contributed by atoms with van der Waals surface area (Å²) in [6.45, 7) is 1.95. The SMILES string of the molecule is Cc1cccc(C(=O)Nc2ccc(C(N)=S)cc2)c1. The molecule has 1 amide bonds. The van der Waals surface area contributed by atoms with E-state index in [2.05, 4.69) is 5.32 Å². The maximum absolute atomic E-state index is 12.0. The van der Waals surface area contributed by atoms with Crippen LogP contribution in [0.2, 0.25) is 0 Å². The number of carbonyl (C=O) groups excluding carboxylic acids is 1. The summed E-state index contributed by atoms with van der Waals surface area (Å²) >= 11 is 4.87. The number of anilines is 1. The van der Waals surface area contributed by atoms with E-state index in [4.69, 9.17) is 18.0 Å². The normalized spacial score (nSPS) is 9.95. The number of amides is 1. The Morgan fingerprint density at radius 3 is 2.37 bits per heavy atom. The predicted molar refractivity (Wildman–Crippen MR) is 81.5 cm³/mol. The molecule has 0 aliphatic heterocycles. The highest BCUT2D eigenvalue weighted by Gasteiger charge is 2.06. The second kappa shape index (κ2) is 5.63. The van der Waals surface area contributed by atoms with Gasteiger partial charge in [-0.2, -0.15) is 0 Å². The van der Waals surface area contributed by atoms with Crippen LogP contribution in [0.1, 0.15) is 21.5 Å². The first kappa shape index (κ1) is 13.2. The zero-order valence-electron chi connectivity index (χ0n) is 10.5. The Bertz CT molecular complexity index is 620. The highest BCUT2D eigenvalue weighted by Crippen LogP contribution is 2.12. The second-order valence-electron chi connectivity index (χ2n) is 4.27. The highest BCUT2D eigenvalue weighted by atomic mass is 32.1. The molecular formula is C15H14N2OS. The van der Waals surface area contributed by atoms with Crippen molar-refractivity contribution in [2.75, 3.05) is 5.32 Å². The molecule has 96 valence electrons. The topological polar surface area (TPSA) is 55.1 Å². The van der Waals surface area contributed by atoms with Crippen molar-refractivity contribution in [3.63, 3.8) is 0 Å². The van der Waals surface area contributed by atoms with Gasteiger partial charge in [-0.25, -0.2) is 0 Å².